The molecule has 0 atom stereocenters. The molecular formula is C22H18F2N4O. The van der Waals surface area contributed by atoms with E-state index in [0.29, 0.717) is 6.54 Å². The maximum Gasteiger partial charge on any atom is 0.274 e. The Morgan fingerprint density at radius 1 is 1.00 bits per heavy atom. The molecule has 146 valence electrons. The molecule has 0 aliphatic rings. The maximum absolute atomic E-state index is 13.3. The summed E-state index contributed by atoms with van der Waals surface area (Å²) in [5.41, 5.74) is 3.39. The van der Waals surface area contributed by atoms with E-state index < -0.39 is 17.5 Å². The molecule has 4 aromatic rings. The molecule has 3 N–H and O–H groups in total. The average molecular weight is 392 g/mol. The number of rotatable bonds is 6. The van der Waals surface area contributed by atoms with Gasteiger partial charge in [-0.2, -0.15) is 0 Å². The number of benzene rings is 2. The van der Waals surface area contributed by atoms with E-state index in [0.717, 1.165) is 29.8 Å². The van der Waals surface area contributed by atoms with Crippen LogP contribution in [0.25, 0.3) is 10.9 Å². The van der Waals surface area contributed by atoms with Gasteiger partial charge in [0.15, 0.2) is 11.6 Å². The van der Waals surface area contributed by atoms with E-state index in [9.17, 15) is 13.6 Å². The highest BCUT2D eigenvalue weighted by atomic mass is 19.2. The van der Waals surface area contributed by atoms with Crippen LogP contribution in [0.2, 0.25) is 0 Å². The van der Waals surface area contributed by atoms with Crippen LogP contribution in [-0.4, -0.2) is 22.4 Å². The van der Waals surface area contributed by atoms with Crippen molar-refractivity contribution < 1.29 is 13.6 Å². The summed E-state index contributed by atoms with van der Waals surface area (Å²) < 4.78 is 26.3. The van der Waals surface area contributed by atoms with Gasteiger partial charge in [0.2, 0.25) is 0 Å². The van der Waals surface area contributed by atoms with Crippen molar-refractivity contribution >= 4 is 28.2 Å². The Labute approximate surface area is 165 Å². The minimum absolute atomic E-state index is 0.161. The maximum atomic E-state index is 13.3. The lowest BCUT2D eigenvalue weighted by atomic mass is 10.1. The van der Waals surface area contributed by atoms with E-state index in [-0.39, 0.29) is 11.4 Å². The number of H-pyrrole nitrogens is 1. The molecule has 0 aliphatic carbocycles. The molecule has 0 spiro atoms. The van der Waals surface area contributed by atoms with Crippen LogP contribution in [0.5, 0.6) is 0 Å². The smallest absolute Gasteiger partial charge is 0.274 e. The summed E-state index contributed by atoms with van der Waals surface area (Å²) in [5, 5.41) is 6.98. The molecule has 5 nitrogen and oxygen atoms in total. The lowest BCUT2D eigenvalue weighted by molar-refractivity contribution is 0.102. The molecule has 29 heavy (non-hydrogen) atoms. The van der Waals surface area contributed by atoms with Gasteiger partial charge >= 0.3 is 0 Å². The van der Waals surface area contributed by atoms with Crippen molar-refractivity contribution in [1.29, 1.82) is 0 Å². The molecule has 2 aromatic heterocycles. The fourth-order valence-corrected chi connectivity index (χ4v) is 3.11. The second-order valence-corrected chi connectivity index (χ2v) is 6.55. The predicted molar refractivity (Wildman–Crippen MR) is 109 cm³/mol. The van der Waals surface area contributed by atoms with Gasteiger partial charge in [-0.25, -0.2) is 8.78 Å². The molecular weight excluding hydrogens is 374 g/mol. The number of nitrogens with zero attached hydrogens (tertiary/aromatic N) is 1. The number of hydrogen-bond acceptors (Lipinski definition) is 3. The second kappa shape index (κ2) is 8.10. The van der Waals surface area contributed by atoms with Crippen LogP contribution in [0.3, 0.4) is 0 Å². The van der Waals surface area contributed by atoms with Crippen molar-refractivity contribution in [2.75, 3.05) is 17.2 Å². The van der Waals surface area contributed by atoms with Crippen LogP contribution in [0.1, 0.15) is 16.1 Å². The Morgan fingerprint density at radius 2 is 1.86 bits per heavy atom. The number of para-hydroxylation sites is 1. The normalized spacial score (nSPS) is 10.8. The Balaban J connectivity index is 1.39. The molecule has 0 bridgehead atoms. The van der Waals surface area contributed by atoms with Gasteiger partial charge in [0, 0.05) is 47.3 Å². The first kappa shape index (κ1) is 18.6. The Morgan fingerprint density at radius 3 is 2.72 bits per heavy atom. The minimum atomic E-state index is -1.02. The van der Waals surface area contributed by atoms with E-state index in [1.807, 2.05) is 24.4 Å². The van der Waals surface area contributed by atoms with Gasteiger partial charge in [-0.15, -0.1) is 0 Å². The van der Waals surface area contributed by atoms with E-state index in [4.69, 9.17) is 0 Å². The number of carbonyl (C=O) groups excluding carboxylic acids is 1. The zero-order valence-corrected chi connectivity index (χ0v) is 15.4. The highest BCUT2D eigenvalue weighted by molar-refractivity contribution is 6.03. The fraction of sp³-hybridized carbons (Fsp3) is 0.0909. The van der Waals surface area contributed by atoms with Crippen LogP contribution >= 0.6 is 0 Å². The Kier molecular flexibility index (Phi) is 5.20. The molecule has 0 radical (unpaired) electrons. The monoisotopic (exact) mass is 392 g/mol. The van der Waals surface area contributed by atoms with Crippen molar-refractivity contribution in [1.82, 2.24) is 9.97 Å². The molecule has 0 unspecified atom stereocenters. The number of amides is 1. The molecule has 1 amide bonds. The summed E-state index contributed by atoms with van der Waals surface area (Å²) in [4.78, 5) is 19.6. The van der Waals surface area contributed by atoms with E-state index >= 15 is 0 Å². The van der Waals surface area contributed by atoms with Crippen LogP contribution in [-0.2, 0) is 6.42 Å². The number of aromatic nitrogens is 2. The van der Waals surface area contributed by atoms with E-state index in [2.05, 4.69) is 26.7 Å². The number of carbonyl (C=O) groups is 1. The van der Waals surface area contributed by atoms with Gasteiger partial charge in [0.25, 0.3) is 5.91 Å². The number of aromatic amines is 1. The van der Waals surface area contributed by atoms with Gasteiger partial charge in [-0.3, -0.25) is 9.78 Å². The number of halogens is 2. The highest BCUT2D eigenvalue weighted by Crippen LogP contribution is 2.19. The molecule has 4 rings (SSSR count). The van der Waals surface area contributed by atoms with Crippen LogP contribution < -0.4 is 10.6 Å². The molecule has 2 heterocycles. The third-order valence-corrected chi connectivity index (χ3v) is 4.57. The molecule has 0 aliphatic heterocycles. The minimum Gasteiger partial charge on any atom is -0.385 e. The lowest BCUT2D eigenvalue weighted by Gasteiger charge is -2.09. The zero-order chi connectivity index (χ0) is 20.2. The summed E-state index contributed by atoms with van der Waals surface area (Å²) in [7, 11) is 0. The standard InChI is InChI=1S/C22H18F2N4O/c23-18-6-5-16(11-19(18)24)28-22(29)21-12-15(8-10-26-21)25-9-7-14-13-27-20-4-2-1-3-17(14)20/h1-6,8,10-13,27H,7,9H2,(H,25,26)(H,28,29). The van der Waals surface area contributed by atoms with Gasteiger partial charge in [-0.1, -0.05) is 18.2 Å². The third-order valence-electron chi connectivity index (χ3n) is 4.57. The summed E-state index contributed by atoms with van der Waals surface area (Å²) in [5.74, 6) is -2.50. The molecule has 7 heteroatoms. The highest BCUT2D eigenvalue weighted by Gasteiger charge is 2.10. The summed E-state index contributed by atoms with van der Waals surface area (Å²) in [6, 6.07) is 14.7. The van der Waals surface area contributed by atoms with E-state index in [1.165, 1.54) is 23.2 Å². The Hall–Kier alpha value is -3.74. The van der Waals surface area contributed by atoms with Crippen molar-refractivity contribution in [3.63, 3.8) is 0 Å². The summed E-state index contributed by atoms with van der Waals surface area (Å²) in [6.45, 7) is 0.677. The van der Waals surface area contributed by atoms with E-state index in [1.54, 1.807) is 12.1 Å². The number of pyridine rings is 1. The topological polar surface area (TPSA) is 69.8 Å². The SMILES string of the molecule is O=C(Nc1ccc(F)c(F)c1)c1cc(NCCc2c[nH]c3ccccc23)ccn1. The lowest BCUT2D eigenvalue weighted by Crippen LogP contribution is -2.14. The molecule has 0 saturated heterocycles. The van der Waals surface area contributed by atoms with Crippen molar-refractivity contribution in [3.8, 4) is 0 Å². The first-order valence-corrected chi connectivity index (χ1v) is 9.11. The molecule has 0 fully saturated rings. The van der Waals surface area contributed by atoms with Gasteiger partial charge in [0.05, 0.1) is 0 Å². The van der Waals surface area contributed by atoms with Gasteiger partial charge in [-0.05, 0) is 42.3 Å². The van der Waals surface area contributed by atoms with Gasteiger partial charge in [0.1, 0.15) is 5.69 Å². The van der Waals surface area contributed by atoms with Crippen molar-refractivity contribution in [3.05, 3.63) is 89.9 Å². The van der Waals surface area contributed by atoms with Gasteiger partial charge < -0.3 is 15.6 Å². The average Bonchev–Trinajstić information content (AvgIpc) is 3.14. The quantitative estimate of drug-likeness (QED) is 0.444. The van der Waals surface area contributed by atoms with Crippen molar-refractivity contribution in [2.24, 2.45) is 0 Å². The van der Waals surface area contributed by atoms with Crippen LogP contribution in [0.15, 0.2) is 67.0 Å². The van der Waals surface area contributed by atoms with Crippen molar-refractivity contribution in [2.45, 2.75) is 6.42 Å². The number of fused-ring (bicyclic) bond motifs is 1. The molecule has 2 aromatic carbocycles. The fourth-order valence-electron chi connectivity index (χ4n) is 3.11. The number of hydrogen-bond donors (Lipinski definition) is 3. The predicted octanol–water partition coefficient (Wildman–Crippen LogP) is 4.75. The van der Waals surface area contributed by atoms with Crippen LogP contribution in [0.4, 0.5) is 20.2 Å². The second-order valence-electron chi connectivity index (χ2n) is 6.55. The number of nitrogens with one attached hydrogen (secondary N) is 3. The van der Waals surface area contributed by atoms with Crippen LogP contribution in [0, 0.1) is 11.6 Å². The largest absolute Gasteiger partial charge is 0.385 e. The molecule has 0 saturated carbocycles. The third kappa shape index (κ3) is 4.24. The zero-order valence-electron chi connectivity index (χ0n) is 15.4. The Bertz CT molecular complexity index is 1170. The summed E-state index contributed by atoms with van der Waals surface area (Å²) >= 11 is 0. The number of anilines is 2. The first-order chi connectivity index (χ1) is 14.1. The summed E-state index contributed by atoms with van der Waals surface area (Å²) in [6.07, 6.45) is 4.33. The first-order valence-electron chi connectivity index (χ1n) is 9.11.